The van der Waals surface area contributed by atoms with Crippen molar-refractivity contribution in [1.29, 1.82) is 0 Å². The summed E-state index contributed by atoms with van der Waals surface area (Å²) in [5.74, 6) is -3.06. The van der Waals surface area contributed by atoms with Gasteiger partial charge in [0, 0.05) is 5.02 Å². The van der Waals surface area contributed by atoms with E-state index in [-0.39, 0.29) is 12.5 Å². The van der Waals surface area contributed by atoms with Crippen LogP contribution >= 0.6 is 11.6 Å². The third-order valence-corrected chi connectivity index (χ3v) is 3.08. The van der Waals surface area contributed by atoms with Gasteiger partial charge >= 0.3 is 11.9 Å². The van der Waals surface area contributed by atoms with Gasteiger partial charge in [-0.3, -0.25) is 9.59 Å². The molecule has 1 N–H and O–H groups in total. The molecule has 104 valence electrons. The average Bonchev–Trinajstić information content (AvgIpc) is 2.37. The number of esters is 1. The zero-order chi connectivity index (χ0) is 14.4. The summed E-state index contributed by atoms with van der Waals surface area (Å²) in [7, 11) is 0. The van der Waals surface area contributed by atoms with Crippen LogP contribution in [-0.2, 0) is 20.7 Å². The Balaban J connectivity index is 2.75. The van der Waals surface area contributed by atoms with E-state index in [4.69, 9.17) is 21.4 Å². The van der Waals surface area contributed by atoms with Crippen LogP contribution in [0, 0.1) is 5.92 Å². The third-order valence-electron chi connectivity index (χ3n) is 2.83. The van der Waals surface area contributed by atoms with Crippen molar-refractivity contribution >= 4 is 23.5 Å². The number of aliphatic carboxylic acids is 1. The van der Waals surface area contributed by atoms with Gasteiger partial charge in [-0.25, -0.2) is 0 Å². The van der Waals surface area contributed by atoms with Crippen molar-refractivity contribution in [2.24, 2.45) is 5.92 Å². The smallest absolute Gasteiger partial charge is 0.320 e. The fourth-order valence-electron chi connectivity index (χ4n) is 1.49. The minimum atomic E-state index is -1.19. The number of carboxylic acid groups (broad SMARTS) is 1. The molecule has 0 fully saturated rings. The first-order chi connectivity index (χ1) is 8.93. The maximum Gasteiger partial charge on any atom is 0.320 e. The highest BCUT2D eigenvalue weighted by Gasteiger charge is 2.29. The molecule has 4 nitrogen and oxygen atoms in total. The lowest BCUT2D eigenvalue weighted by molar-refractivity contribution is -0.161. The lowest BCUT2D eigenvalue weighted by atomic mass is 9.99. The molecule has 2 unspecified atom stereocenters. The second kappa shape index (κ2) is 7.14. The Bertz CT molecular complexity index is 441. The van der Waals surface area contributed by atoms with E-state index in [9.17, 15) is 9.59 Å². The molecule has 0 spiro atoms. The van der Waals surface area contributed by atoms with Crippen LogP contribution in [0.2, 0.25) is 5.02 Å². The molecule has 0 aromatic heterocycles. The molecule has 5 heteroatoms. The highest BCUT2D eigenvalue weighted by Crippen LogP contribution is 2.15. The molecule has 0 bridgehead atoms. The fourth-order valence-corrected chi connectivity index (χ4v) is 1.62. The zero-order valence-electron chi connectivity index (χ0n) is 10.9. The number of carbonyl (C=O) groups excluding carboxylic acids is 1. The van der Waals surface area contributed by atoms with Gasteiger partial charge in [0.2, 0.25) is 0 Å². The van der Waals surface area contributed by atoms with E-state index in [2.05, 4.69) is 0 Å². The standard InChI is InChI=1S/C14H17ClO4/c1-3-9(2)19-14(18)12(13(16)17)8-10-4-6-11(15)7-5-10/h4-7,9,12H,3,8H2,1-2H3,(H,16,17). The zero-order valence-corrected chi connectivity index (χ0v) is 11.7. The Kier molecular flexibility index (Phi) is 5.83. The number of hydrogen-bond donors (Lipinski definition) is 1. The summed E-state index contributed by atoms with van der Waals surface area (Å²) in [6.45, 7) is 3.60. The van der Waals surface area contributed by atoms with E-state index in [1.165, 1.54) is 0 Å². The van der Waals surface area contributed by atoms with Crippen molar-refractivity contribution in [3.8, 4) is 0 Å². The minimum absolute atomic E-state index is 0.0990. The molecule has 0 amide bonds. The molecule has 0 radical (unpaired) electrons. The maximum atomic E-state index is 11.8. The van der Waals surface area contributed by atoms with E-state index in [0.717, 1.165) is 5.56 Å². The summed E-state index contributed by atoms with van der Waals surface area (Å²) in [5, 5.41) is 9.69. The Morgan fingerprint density at radius 2 is 1.89 bits per heavy atom. The van der Waals surface area contributed by atoms with Crippen LogP contribution in [0.25, 0.3) is 0 Å². The molecule has 19 heavy (non-hydrogen) atoms. The van der Waals surface area contributed by atoms with Crippen LogP contribution < -0.4 is 0 Å². The molecule has 1 aromatic rings. The maximum absolute atomic E-state index is 11.8. The van der Waals surface area contributed by atoms with Gasteiger partial charge in [-0.2, -0.15) is 0 Å². The summed E-state index contributed by atoms with van der Waals surface area (Å²) in [5.41, 5.74) is 0.734. The quantitative estimate of drug-likeness (QED) is 0.644. The van der Waals surface area contributed by atoms with Gasteiger partial charge in [-0.1, -0.05) is 30.7 Å². The Hall–Kier alpha value is -1.55. The predicted octanol–water partition coefficient (Wildman–Crippen LogP) is 2.93. The molecular weight excluding hydrogens is 268 g/mol. The number of halogens is 1. The van der Waals surface area contributed by atoms with Gasteiger partial charge in [-0.05, 0) is 37.5 Å². The molecular formula is C14H17ClO4. The normalized spacial score (nSPS) is 13.6. The van der Waals surface area contributed by atoms with Crippen LogP contribution in [0.15, 0.2) is 24.3 Å². The number of ether oxygens (including phenoxy) is 1. The van der Waals surface area contributed by atoms with Crippen LogP contribution in [0.4, 0.5) is 0 Å². The molecule has 1 aromatic carbocycles. The summed E-state index contributed by atoms with van der Waals surface area (Å²) >= 11 is 5.75. The average molecular weight is 285 g/mol. The Labute approximate surface area is 117 Å². The summed E-state index contributed by atoms with van der Waals surface area (Å²) in [4.78, 5) is 23.0. The van der Waals surface area contributed by atoms with Crippen molar-refractivity contribution in [1.82, 2.24) is 0 Å². The van der Waals surface area contributed by atoms with E-state index < -0.39 is 17.9 Å². The van der Waals surface area contributed by atoms with Crippen LogP contribution in [0.5, 0.6) is 0 Å². The molecule has 2 atom stereocenters. The van der Waals surface area contributed by atoms with E-state index in [0.29, 0.717) is 11.4 Å². The van der Waals surface area contributed by atoms with E-state index in [1.807, 2.05) is 6.92 Å². The van der Waals surface area contributed by atoms with E-state index >= 15 is 0 Å². The monoisotopic (exact) mass is 284 g/mol. The van der Waals surface area contributed by atoms with Crippen LogP contribution in [0.3, 0.4) is 0 Å². The van der Waals surface area contributed by atoms with Gasteiger partial charge in [0.1, 0.15) is 0 Å². The van der Waals surface area contributed by atoms with Gasteiger partial charge in [0.15, 0.2) is 5.92 Å². The summed E-state index contributed by atoms with van der Waals surface area (Å²) < 4.78 is 5.07. The topological polar surface area (TPSA) is 63.6 Å². The molecule has 0 saturated carbocycles. The largest absolute Gasteiger partial charge is 0.481 e. The van der Waals surface area contributed by atoms with Crippen molar-refractivity contribution in [3.05, 3.63) is 34.9 Å². The SMILES string of the molecule is CCC(C)OC(=O)C(Cc1ccc(Cl)cc1)C(=O)O. The lowest BCUT2D eigenvalue weighted by Crippen LogP contribution is -2.30. The highest BCUT2D eigenvalue weighted by molar-refractivity contribution is 6.30. The Morgan fingerprint density at radius 3 is 2.37 bits per heavy atom. The second-order valence-corrected chi connectivity index (χ2v) is 4.81. The highest BCUT2D eigenvalue weighted by atomic mass is 35.5. The van der Waals surface area contributed by atoms with Crippen molar-refractivity contribution in [2.45, 2.75) is 32.8 Å². The number of rotatable bonds is 6. The van der Waals surface area contributed by atoms with E-state index in [1.54, 1.807) is 31.2 Å². The summed E-state index contributed by atoms with van der Waals surface area (Å²) in [6.07, 6.45) is 0.473. The number of hydrogen-bond acceptors (Lipinski definition) is 3. The van der Waals surface area contributed by atoms with Crippen LogP contribution in [0.1, 0.15) is 25.8 Å². The fraction of sp³-hybridized carbons (Fsp3) is 0.429. The number of carboxylic acids is 1. The van der Waals surface area contributed by atoms with Crippen molar-refractivity contribution < 1.29 is 19.4 Å². The van der Waals surface area contributed by atoms with Crippen molar-refractivity contribution in [2.75, 3.05) is 0 Å². The van der Waals surface area contributed by atoms with Gasteiger partial charge in [0.05, 0.1) is 6.10 Å². The van der Waals surface area contributed by atoms with Gasteiger partial charge in [0.25, 0.3) is 0 Å². The lowest BCUT2D eigenvalue weighted by Gasteiger charge is -2.16. The molecule has 0 saturated heterocycles. The second-order valence-electron chi connectivity index (χ2n) is 4.38. The first kappa shape index (κ1) is 15.5. The van der Waals surface area contributed by atoms with Gasteiger partial charge < -0.3 is 9.84 Å². The molecule has 0 aliphatic rings. The first-order valence-electron chi connectivity index (χ1n) is 6.11. The molecule has 0 aliphatic carbocycles. The molecule has 0 aliphatic heterocycles. The minimum Gasteiger partial charge on any atom is -0.481 e. The Morgan fingerprint density at radius 1 is 1.32 bits per heavy atom. The van der Waals surface area contributed by atoms with Gasteiger partial charge in [-0.15, -0.1) is 0 Å². The first-order valence-corrected chi connectivity index (χ1v) is 6.49. The van der Waals surface area contributed by atoms with Crippen LogP contribution in [-0.4, -0.2) is 23.1 Å². The summed E-state index contributed by atoms with van der Waals surface area (Å²) in [6, 6.07) is 6.73. The molecule has 1 rings (SSSR count). The predicted molar refractivity (Wildman–Crippen MR) is 72.1 cm³/mol. The number of carbonyl (C=O) groups is 2. The van der Waals surface area contributed by atoms with Crippen molar-refractivity contribution in [3.63, 3.8) is 0 Å². The molecule has 0 heterocycles. The number of benzene rings is 1. The third kappa shape index (κ3) is 4.91.